The second kappa shape index (κ2) is 7.81. The van der Waals surface area contributed by atoms with Crippen LogP contribution in [0.1, 0.15) is 55.8 Å². The van der Waals surface area contributed by atoms with Crippen LogP contribution >= 0.6 is 0 Å². The van der Waals surface area contributed by atoms with Gasteiger partial charge in [0.05, 0.1) is 5.92 Å². The molecule has 3 amide bonds. The van der Waals surface area contributed by atoms with E-state index in [4.69, 9.17) is 0 Å². The minimum atomic E-state index is -0.293. The Morgan fingerprint density at radius 1 is 1.08 bits per heavy atom. The number of hydrogen-bond acceptors (Lipinski definition) is 3. The van der Waals surface area contributed by atoms with E-state index in [-0.39, 0.29) is 29.7 Å². The second-order valence-electron chi connectivity index (χ2n) is 7.32. The highest BCUT2D eigenvalue weighted by Crippen LogP contribution is 2.28. The zero-order chi connectivity index (χ0) is 17.8. The Bertz CT molecular complexity index is 644. The molecule has 2 aliphatic rings. The highest BCUT2D eigenvalue weighted by atomic mass is 16.2. The Morgan fingerprint density at radius 2 is 1.80 bits per heavy atom. The molecule has 0 aromatic heterocycles. The van der Waals surface area contributed by atoms with Crippen molar-refractivity contribution in [1.82, 2.24) is 10.2 Å². The average Bonchev–Trinajstić information content (AvgIpc) is 2.62. The first-order valence-corrected chi connectivity index (χ1v) is 9.26. The summed E-state index contributed by atoms with van der Waals surface area (Å²) < 4.78 is 0. The molecule has 134 valence electrons. The van der Waals surface area contributed by atoms with Gasteiger partial charge in [-0.15, -0.1) is 0 Å². The fourth-order valence-electron chi connectivity index (χ4n) is 3.86. The van der Waals surface area contributed by atoms with Crippen LogP contribution in [0.15, 0.2) is 30.3 Å². The lowest BCUT2D eigenvalue weighted by molar-refractivity contribution is -0.151. The lowest BCUT2D eigenvalue weighted by Gasteiger charge is -2.36. The van der Waals surface area contributed by atoms with Crippen molar-refractivity contribution in [3.05, 3.63) is 35.9 Å². The van der Waals surface area contributed by atoms with Gasteiger partial charge < -0.3 is 5.32 Å². The number of amides is 3. The van der Waals surface area contributed by atoms with Gasteiger partial charge in [0.2, 0.25) is 11.8 Å². The van der Waals surface area contributed by atoms with Crippen molar-refractivity contribution in [3.8, 4) is 0 Å². The number of hydrogen-bond donors (Lipinski definition) is 1. The molecule has 5 heteroatoms. The van der Waals surface area contributed by atoms with E-state index in [1.54, 1.807) is 12.1 Å². The lowest BCUT2D eigenvalue weighted by atomic mass is 9.82. The van der Waals surface area contributed by atoms with E-state index < -0.39 is 0 Å². The van der Waals surface area contributed by atoms with Crippen LogP contribution in [0.5, 0.6) is 0 Å². The van der Waals surface area contributed by atoms with E-state index >= 15 is 0 Å². The summed E-state index contributed by atoms with van der Waals surface area (Å²) in [4.78, 5) is 39.1. The topological polar surface area (TPSA) is 66.5 Å². The summed E-state index contributed by atoms with van der Waals surface area (Å²) in [5.74, 6) is -0.267. The third-order valence-electron chi connectivity index (χ3n) is 5.37. The van der Waals surface area contributed by atoms with Crippen LogP contribution in [-0.4, -0.2) is 35.2 Å². The number of carbonyl (C=O) groups excluding carboxylic acids is 3. The molecule has 1 aromatic carbocycles. The van der Waals surface area contributed by atoms with Crippen LogP contribution in [0.25, 0.3) is 0 Å². The van der Waals surface area contributed by atoms with Crippen molar-refractivity contribution >= 4 is 17.7 Å². The zero-order valence-corrected chi connectivity index (χ0v) is 14.7. The van der Waals surface area contributed by atoms with Crippen molar-refractivity contribution in [2.24, 2.45) is 11.8 Å². The standard InChI is InChI=1S/C20H26N2O3/c1-14-11-12-22(18(23)13-14)20(25)16-9-5-6-10-17(16)21-19(24)15-7-3-2-4-8-15/h2-4,7-8,14,16-17H,5-6,9-13H2,1H3,(H,21,24)/t14?,16-,17+/m1/s1. The molecule has 3 rings (SSSR count). The summed E-state index contributed by atoms with van der Waals surface area (Å²) in [7, 11) is 0. The second-order valence-corrected chi connectivity index (χ2v) is 7.32. The highest BCUT2D eigenvalue weighted by Gasteiger charge is 2.38. The minimum absolute atomic E-state index is 0.0672. The maximum atomic E-state index is 13.0. The number of benzene rings is 1. The molecule has 0 spiro atoms. The number of nitrogens with zero attached hydrogens (tertiary/aromatic N) is 1. The van der Waals surface area contributed by atoms with Gasteiger partial charge in [0.25, 0.3) is 5.91 Å². The van der Waals surface area contributed by atoms with Crippen molar-refractivity contribution in [2.45, 2.75) is 51.5 Å². The Kier molecular flexibility index (Phi) is 5.51. The van der Waals surface area contributed by atoms with E-state index in [1.165, 1.54) is 4.90 Å². The molecule has 2 fully saturated rings. The van der Waals surface area contributed by atoms with Crippen LogP contribution in [0.4, 0.5) is 0 Å². The molecule has 3 atom stereocenters. The van der Waals surface area contributed by atoms with Gasteiger partial charge in [-0.05, 0) is 37.3 Å². The van der Waals surface area contributed by atoms with Gasteiger partial charge in [-0.3, -0.25) is 19.3 Å². The highest BCUT2D eigenvalue weighted by molar-refractivity contribution is 5.98. The van der Waals surface area contributed by atoms with Crippen molar-refractivity contribution in [2.75, 3.05) is 6.54 Å². The maximum Gasteiger partial charge on any atom is 0.251 e. The van der Waals surface area contributed by atoms with Gasteiger partial charge >= 0.3 is 0 Å². The average molecular weight is 342 g/mol. The van der Waals surface area contributed by atoms with Gasteiger partial charge in [0.1, 0.15) is 0 Å². The predicted octanol–water partition coefficient (Wildman–Crippen LogP) is 2.76. The van der Waals surface area contributed by atoms with Gasteiger partial charge in [-0.1, -0.05) is 38.0 Å². The molecule has 0 radical (unpaired) electrons. The molecule has 1 saturated carbocycles. The molecule has 5 nitrogen and oxygen atoms in total. The third-order valence-corrected chi connectivity index (χ3v) is 5.37. The van der Waals surface area contributed by atoms with Crippen molar-refractivity contribution in [1.29, 1.82) is 0 Å². The van der Waals surface area contributed by atoms with Crippen LogP contribution in [0.3, 0.4) is 0 Å². The first kappa shape index (κ1) is 17.6. The zero-order valence-electron chi connectivity index (χ0n) is 14.7. The molecule has 1 unspecified atom stereocenters. The van der Waals surface area contributed by atoms with E-state index in [0.717, 1.165) is 32.1 Å². The Balaban J connectivity index is 1.69. The summed E-state index contributed by atoms with van der Waals surface area (Å²) in [6.45, 7) is 2.55. The van der Waals surface area contributed by atoms with Crippen LogP contribution in [0.2, 0.25) is 0 Å². The molecule has 25 heavy (non-hydrogen) atoms. The SMILES string of the molecule is CC1CCN(C(=O)[C@@H]2CCCC[C@@H]2NC(=O)c2ccccc2)C(=O)C1. The van der Waals surface area contributed by atoms with Crippen LogP contribution < -0.4 is 5.32 Å². The normalized spacial score (nSPS) is 27.0. The molecule has 1 saturated heterocycles. The number of rotatable bonds is 3. The predicted molar refractivity (Wildman–Crippen MR) is 94.8 cm³/mol. The van der Waals surface area contributed by atoms with Gasteiger partial charge in [0, 0.05) is 24.6 Å². The molecule has 0 bridgehead atoms. The van der Waals surface area contributed by atoms with E-state index in [2.05, 4.69) is 5.32 Å². The summed E-state index contributed by atoms with van der Waals surface area (Å²) >= 11 is 0. The van der Waals surface area contributed by atoms with Crippen LogP contribution in [0, 0.1) is 11.8 Å². The molecule has 1 aromatic rings. The monoisotopic (exact) mass is 342 g/mol. The Morgan fingerprint density at radius 3 is 2.52 bits per heavy atom. The fraction of sp³-hybridized carbons (Fsp3) is 0.550. The van der Waals surface area contributed by atoms with Gasteiger partial charge in [0.15, 0.2) is 0 Å². The van der Waals surface area contributed by atoms with Crippen LogP contribution in [-0.2, 0) is 9.59 Å². The summed E-state index contributed by atoms with van der Waals surface area (Å²) in [5.41, 5.74) is 0.599. The largest absolute Gasteiger partial charge is 0.349 e. The molecule has 1 heterocycles. The fourth-order valence-corrected chi connectivity index (χ4v) is 3.86. The summed E-state index contributed by atoms with van der Waals surface area (Å²) in [6, 6.07) is 8.86. The number of imide groups is 1. The maximum absolute atomic E-state index is 13.0. The molecule has 1 N–H and O–H groups in total. The number of piperidine rings is 1. The third kappa shape index (κ3) is 4.09. The number of carbonyl (C=O) groups is 3. The lowest BCUT2D eigenvalue weighted by Crippen LogP contribution is -2.52. The first-order valence-electron chi connectivity index (χ1n) is 9.26. The van der Waals surface area contributed by atoms with Crippen molar-refractivity contribution < 1.29 is 14.4 Å². The first-order chi connectivity index (χ1) is 12.1. The van der Waals surface area contributed by atoms with Gasteiger partial charge in [-0.2, -0.15) is 0 Å². The van der Waals surface area contributed by atoms with E-state index in [1.807, 2.05) is 25.1 Å². The Labute approximate surface area is 148 Å². The Hall–Kier alpha value is -2.17. The van der Waals surface area contributed by atoms with Crippen molar-refractivity contribution in [3.63, 3.8) is 0 Å². The molecular weight excluding hydrogens is 316 g/mol. The van der Waals surface area contributed by atoms with Gasteiger partial charge in [-0.25, -0.2) is 0 Å². The minimum Gasteiger partial charge on any atom is -0.349 e. The van der Waals surface area contributed by atoms with E-state index in [0.29, 0.717) is 24.4 Å². The molecule has 1 aliphatic heterocycles. The number of likely N-dealkylation sites (tertiary alicyclic amines) is 1. The summed E-state index contributed by atoms with van der Waals surface area (Å²) in [5, 5.41) is 3.03. The molecular formula is C20H26N2O3. The summed E-state index contributed by atoms with van der Waals surface area (Å²) in [6.07, 6.45) is 4.79. The molecule has 1 aliphatic carbocycles. The number of nitrogens with one attached hydrogen (secondary N) is 1. The van der Waals surface area contributed by atoms with E-state index in [9.17, 15) is 14.4 Å². The smallest absolute Gasteiger partial charge is 0.251 e. The quantitative estimate of drug-likeness (QED) is 0.859.